The van der Waals surface area contributed by atoms with Crippen molar-refractivity contribution in [3.8, 4) is 10.4 Å². The van der Waals surface area contributed by atoms with E-state index in [2.05, 4.69) is 0 Å². The van der Waals surface area contributed by atoms with Gasteiger partial charge in [-0.2, -0.15) is 17.9 Å². The molecule has 1 N–H and O–H groups in total. The molecule has 5 rings (SSSR count). The van der Waals surface area contributed by atoms with Crippen LogP contribution < -0.4 is 4.72 Å². The van der Waals surface area contributed by atoms with E-state index in [4.69, 9.17) is 4.98 Å². The Kier molecular flexibility index (Phi) is 8.47. The predicted octanol–water partition coefficient (Wildman–Crippen LogP) is 5.18. The number of carbonyl (C=O) groups is 1. The van der Waals surface area contributed by atoms with Crippen molar-refractivity contribution in [3.05, 3.63) is 47.1 Å². The third-order valence-corrected chi connectivity index (χ3v) is 12.6. The molecule has 14 heteroatoms. The molecule has 1 aliphatic carbocycles. The average molecular weight is 644 g/mol. The number of nitrogens with one attached hydrogen (secondary N) is 1. The SMILES string of the molecule is C[C@H](NS(=O)(=O)c1ccc(-c2sc(C(=O)N3CCC(S(C)(=O)=O)CC3)nc2CC2CCC2)c2ccccc12)C(F)(F)F. The minimum atomic E-state index is -4.75. The van der Waals surface area contributed by atoms with Crippen molar-refractivity contribution in [2.45, 2.75) is 67.8 Å². The lowest BCUT2D eigenvalue weighted by atomic mass is 9.81. The Labute approximate surface area is 247 Å². The van der Waals surface area contributed by atoms with E-state index in [1.165, 1.54) is 23.7 Å². The lowest BCUT2D eigenvalue weighted by Gasteiger charge is -2.30. The van der Waals surface area contributed by atoms with Crippen molar-refractivity contribution < 1.29 is 34.8 Å². The van der Waals surface area contributed by atoms with Crippen LogP contribution in [0.15, 0.2) is 41.3 Å². The van der Waals surface area contributed by atoms with Crippen LogP contribution in [0, 0.1) is 5.92 Å². The second-order valence-corrected chi connectivity index (χ2v) is 16.2. The lowest BCUT2D eigenvalue weighted by Crippen LogP contribution is -2.43. The first kappa shape index (κ1) is 30.9. The van der Waals surface area contributed by atoms with Crippen LogP contribution in [0.3, 0.4) is 0 Å². The standard InChI is InChI=1S/C28H32F3N3O5S3/c1-17(28(29,30)31)33-42(38,39)24-11-10-22(20-8-3-4-9-21(20)24)25-23(16-18-6-5-7-18)32-26(40-25)27(35)34-14-12-19(13-15-34)41(2,36)37/h3-4,8-11,17-19,33H,5-7,12-16H2,1-2H3/t17-/m0/s1. The minimum Gasteiger partial charge on any atom is -0.337 e. The summed E-state index contributed by atoms with van der Waals surface area (Å²) >= 11 is 1.21. The molecule has 2 fully saturated rings. The molecule has 2 aliphatic rings. The smallest absolute Gasteiger partial charge is 0.337 e. The maximum atomic E-state index is 13.5. The van der Waals surface area contributed by atoms with Gasteiger partial charge in [-0.05, 0) is 43.6 Å². The second-order valence-electron chi connectivity index (χ2n) is 11.2. The van der Waals surface area contributed by atoms with E-state index in [-0.39, 0.29) is 21.2 Å². The molecule has 1 amide bonds. The first-order valence-corrected chi connectivity index (χ1v) is 18.0. The number of benzene rings is 2. The summed E-state index contributed by atoms with van der Waals surface area (Å²) in [6.07, 6.45) is 1.03. The van der Waals surface area contributed by atoms with E-state index >= 15 is 0 Å². The van der Waals surface area contributed by atoms with E-state index < -0.39 is 37.3 Å². The molecular weight excluding hydrogens is 612 g/mol. The zero-order valence-corrected chi connectivity index (χ0v) is 25.6. The molecular formula is C28H32F3N3O5S3. The number of sulfone groups is 1. The largest absolute Gasteiger partial charge is 0.404 e. The van der Waals surface area contributed by atoms with Gasteiger partial charge in [0, 0.05) is 30.3 Å². The summed E-state index contributed by atoms with van der Waals surface area (Å²) in [7, 11) is -7.71. The number of hydrogen-bond donors (Lipinski definition) is 1. The highest BCUT2D eigenvalue weighted by atomic mass is 32.2. The number of alkyl halides is 3. The molecule has 2 aromatic carbocycles. The molecule has 1 atom stereocenters. The summed E-state index contributed by atoms with van der Waals surface area (Å²) in [5.41, 5.74) is 1.37. The molecule has 1 saturated heterocycles. The highest BCUT2D eigenvalue weighted by molar-refractivity contribution is 7.91. The summed E-state index contributed by atoms with van der Waals surface area (Å²) in [6, 6.07) is 7.20. The molecule has 8 nitrogen and oxygen atoms in total. The number of likely N-dealkylation sites (tertiary alicyclic amines) is 1. The molecule has 0 bridgehead atoms. The van der Waals surface area contributed by atoms with Gasteiger partial charge in [-0.3, -0.25) is 4.79 Å². The number of halogens is 3. The molecule has 1 saturated carbocycles. The third-order valence-electron chi connectivity index (χ3n) is 8.16. The number of fused-ring (bicyclic) bond motifs is 1. The first-order chi connectivity index (χ1) is 19.6. The fourth-order valence-electron chi connectivity index (χ4n) is 5.45. The van der Waals surface area contributed by atoms with E-state index in [0.29, 0.717) is 54.1 Å². The quantitative estimate of drug-likeness (QED) is 0.362. The summed E-state index contributed by atoms with van der Waals surface area (Å²) in [4.78, 5) is 20.3. The van der Waals surface area contributed by atoms with Crippen LogP contribution in [0.5, 0.6) is 0 Å². The van der Waals surface area contributed by atoms with Gasteiger partial charge < -0.3 is 4.90 Å². The number of nitrogens with zero attached hydrogens (tertiary/aromatic N) is 2. The summed E-state index contributed by atoms with van der Waals surface area (Å²) in [5, 5.41) is 0.582. The molecule has 2 heterocycles. The maximum Gasteiger partial charge on any atom is 0.404 e. The highest BCUT2D eigenvalue weighted by Gasteiger charge is 2.39. The number of hydrogen-bond acceptors (Lipinski definition) is 7. The molecule has 0 unspecified atom stereocenters. The monoisotopic (exact) mass is 643 g/mol. The van der Waals surface area contributed by atoms with Crippen LogP contribution in [-0.4, -0.2) is 69.4 Å². The van der Waals surface area contributed by atoms with Gasteiger partial charge >= 0.3 is 6.18 Å². The third kappa shape index (κ3) is 6.36. The van der Waals surface area contributed by atoms with Crippen molar-refractivity contribution in [1.82, 2.24) is 14.6 Å². The normalized spacial score (nSPS) is 18.3. The Bertz CT molecular complexity index is 1710. The van der Waals surface area contributed by atoms with Crippen LogP contribution in [0.4, 0.5) is 13.2 Å². The number of thiazole rings is 1. The second kappa shape index (κ2) is 11.5. The predicted molar refractivity (Wildman–Crippen MR) is 156 cm³/mol. The van der Waals surface area contributed by atoms with E-state index in [1.807, 2.05) is 0 Å². The topological polar surface area (TPSA) is 114 Å². The molecule has 1 aromatic heterocycles. The van der Waals surface area contributed by atoms with Crippen LogP contribution >= 0.6 is 11.3 Å². The first-order valence-electron chi connectivity index (χ1n) is 13.7. The fraction of sp³-hybridized carbons (Fsp3) is 0.500. The number of carbonyl (C=O) groups excluding carboxylic acids is 1. The fourth-order valence-corrected chi connectivity index (χ4v) is 9.06. The molecule has 228 valence electrons. The number of amides is 1. The van der Waals surface area contributed by atoms with Gasteiger partial charge in [0.15, 0.2) is 5.01 Å². The Morgan fingerprint density at radius 2 is 1.69 bits per heavy atom. The van der Waals surface area contributed by atoms with Crippen molar-refractivity contribution in [1.29, 1.82) is 0 Å². The van der Waals surface area contributed by atoms with Crippen LogP contribution in [-0.2, 0) is 26.3 Å². The Morgan fingerprint density at radius 1 is 1.05 bits per heavy atom. The van der Waals surface area contributed by atoms with Gasteiger partial charge in [-0.1, -0.05) is 49.6 Å². The Balaban J connectivity index is 1.52. The zero-order chi connectivity index (χ0) is 30.4. The van der Waals surface area contributed by atoms with Crippen LogP contribution in [0.1, 0.15) is 54.5 Å². The summed E-state index contributed by atoms with van der Waals surface area (Å²) in [6.45, 7) is 1.37. The number of piperidine rings is 1. The number of sulfonamides is 1. The van der Waals surface area contributed by atoms with Gasteiger partial charge in [-0.15, -0.1) is 11.3 Å². The molecule has 1 aliphatic heterocycles. The van der Waals surface area contributed by atoms with Crippen molar-refractivity contribution in [2.75, 3.05) is 19.3 Å². The van der Waals surface area contributed by atoms with Crippen LogP contribution in [0.25, 0.3) is 21.2 Å². The minimum absolute atomic E-state index is 0.260. The molecule has 42 heavy (non-hydrogen) atoms. The van der Waals surface area contributed by atoms with E-state index in [1.54, 1.807) is 40.0 Å². The van der Waals surface area contributed by atoms with Gasteiger partial charge in [0.05, 0.1) is 20.7 Å². The summed E-state index contributed by atoms with van der Waals surface area (Å²) in [5.74, 6) is 0.139. The van der Waals surface area contributed by atoms with Gasteiger partial charge in [0.1, 0.15) is 15.9 Å². The van der Waals surface area contributed by atoms with Crippen molar-refractivity contribution in [2.24, 2.45) is 5.92 Å². The molecule has 0 spiro atoms. The van der Waals surface area contributed by atoms with E-state index in [9.17, 15) is 34.8 Å². The number of rotatable bonds is 8. The zero-order valence-electron chi connectivity index (χ0n) is 23.1. The lowest BCUT2D eigenvalue weighted by molar-refractivity contribution is -0.147. The van der Waals surface area contributed by atoms with Crippen molar-refractivity contribution in [3.63, 3.8) is 0 Å². The molecule has 0 radical (unpaired) electrons. The van der Waals surface area contributed by atoms with Gasteiger partial charge in [0.2, 0.25) is 10.0 Å². The highest BCUT2D eigenvalue weighted by Crippen LogP contribution is 2.41. The van der Waals surface area contributed by atoms with Crippen molar-refractivity contribution >= 4 is 47.9 Å². The van der Waals surface area contributed by atoms with Gasteiger partial charge in [0.25, 0.3) is 5.91 Å². The number of aromatic nitrogens is 1. The van der Waals surface area contributed by atoms with E-state index in [0.717, 1.165) is 31.9 Å². The average Bonchev–Trinajstić information content (AvgIpc) is 3.32. The Morgan fingerprint density at radius 3 is 2.26 bits per heavy atom. The van der Waals surface area contributed by atoms with Gasteiger partial charge in [-0.25, -0.2) is 21.8 Å². The Hall–Kier alpha value is -2.55. The summed E-state index contributed by atoms with van der Waals surface area (Å²) < 4.78 is 91.2. The maximum absolute atomic E-state index is 13.5. The molecule has 3 aromatic rings. The van der Waals surface area contributed by atoms with Crippen LogP contribution in [0.2, 0.25) is 0 Å².